The van der Waals surface area contributed by atoms with Crippen molar-refractivity contribution in [1.29, 1.82) is 0 Å². The topological polar surface area (TPSA) is 74.0 Å². The van der Waals surface area contributed by atoms with Crippen LogP contribution in [0.1, 0.15) is 11.1 Å². The van der Waals surface area contributed by atoms with E-state index in [1.54, 1.807) is 35.2 Å². The van der Waals surface area contributed by atoms with Crippen LogP contribution in [0.3, 0.4) is 0 Å². The molecule has 0 saturated carbocycles. The zero-order valence-corrected chi connectivity index (χ0v) is 10.5. The molecule has 0 unspecified atom stereocenters. The van der Waals surface area contributed by atoms with Crippen molar-refractivity contribution in [3.63, 3.8) is 0 Å². The molecule has 0 aliphatic carbocycles. The highest BCUT2D eigenvalue weighted by Crippen LogP contribution is 2.17. The van der Waals surface area contributed by atoms with Gasteiger partial charge in [-0.15, -0.1) is 0 Å². The first-order valence-electron chi connectivity index (χ1n) is 5.93. The van der Waals surface area contributed by atoms with Crippen molar-refractivity contribution in [2.24, 2.45) is 0 Å². The van der Waals surface area contributed by atoms with Gasteiger partial charge in [-0.3, -0.25) is 9.55 Å². The number of aryl methyl sites for hydroxylation is 1. The molecule has 0 radical (unpaired) electrons. The zero-order chi connectivity index (χ0) is 13.4. The van der Waals surface area contributed by atoms with E-state index in [4.69, 9.17) is 10.2 Å². The Morgan fingerprint density at radius 3 is 2.95 bits per heavy atom. The number of nitrogen functional groups attached to an aromatic ring is 1. The maximum atomic E-state index is 11.9. The molecule has 5 nitrogen and oxygen atoms in total. The lowest BCUT2D eigenvalue weighted by Gasteiger charge is -2.03. The number of hydrogen-bond acceptors (Lipinski definition) is 4. The van der Waals surface area contributed by atoms with Gasteiger partial charge in [-0.05, 0) is 36.2 Å². The highest BCUT2D eigenvalue weighted by molar-refractivity contribution is 5.77. The number of anilines is 1. The largest absolute Gasteiger partial charge is 0.420 e. The van der Waals surface area contributed by atoms with Crippen LogP contribution in [0.4, 0.5) is 5.69 Å². The lowest BCUT2D eigenvalue weighted by molar-refractivity contribution is 0.517. The van der Waals surface area contributed by atoms with Gasteiger partial charge in [0.25, 0.3) is 0 Å². The second-order valence-corrected chi connectivity index (χ2v) is 4.55. The summed E-state index contributed by atoms with van der Waals surface area (Å²) in [7, 11) is 0. The second kappa shape index (κ2) is 4.28. The van der Waals surface area contributed by atoms with Crippen LogP contribution in [-0.4, -0.2) is 9.55 Å². The van der Waals surface area contributed by atoms with E-state index in [-0.39, 0.29) is 5.76 Å². The number of nitrogens with two attached hydrogens (primary N) is 1. The fraction of sp³-hybridized carbons (Fsp3) is 0.143. The molecular weight excluding hydrogens is 242 g/mol. The van der Waals surface area contributed by atoms with Gasteiger partial charge in [0, 0.05) is 18.1 Å². The summed E-state index contributed by atoms with van der Waals surface area (Å²) in [4.78, 5) is 16.0. The molecule has 2 N–H and O–H groups in total. The third kappa shape index (κ3) is 2.10. The van der Waals surface area contributed by atoms with Crippen LogP contribution in [0, 0.1) is 6.92 Å². The molecular formula is C14H13N3O2. The molecule has 0 aliphatic heterocycles. The standard InChI is InChI=1S/C14H13N3O2/c1-9-4-10(7-16-6-9)8-17-12-5-11(15)2-3-13(12)19-14(17)18/h2-7H,8,15H2,1H3. The molecule has 2 heterocycles. The lowest BCUT2D eigenvalue weighted by Crippen LogP contribution is -2.15. The van der Waals surface area contributed by atoms with Crippen molar-refractivity contribution in [3.05, 3.63) is 58.3 Å². The maximum Gasteiger partial charge on any atom is 0.420 e. The number of benzene rings is 1. The third-order valence-electron chi connectivity index (χ3n) is 2.96. The van der Waals surface area contributed by atoms with Gasteiger partial charge in [0.1, 0.15) is 0 Å². The monoisotopic (exact) mass is 255 g/mol. The Labute approximate surface area is 109 Å². The van der Waals surface area contributed by atoms with E-state index in [9.17, 15) is 4.79 Å². The Morgan fingerprint density at radius 2 is 2.16 bits per heavy atom. The van der Waals surface area contributed by atoms with E-state index in [1.165, 1.54) is 0 Å². The van der Waals surface area contributed by atoms with Crippen molar-refractivity contribution >= 4 is 16.8 Å². The number of nitrogens with zero attached hydrogens (tertiary/aromatic N) is 2. The predicted octanol–water partition coefficient (Wildman–Crippen LogP) is 1.93. The van der Waals surface area contributed by atoms with Crippen LogP contribution in [-0.2, 0) is 6.54 Å². The molecule has 0 aliphatic rings. The van der Waals surface area contributed by atoms with E-state index in [1.807, 2.05) is 13.0 Å². The summed E-state index contributed by atoms with van der Waals surface area (Å²) in [5.74, 6) is -0.387. The lowest BCUT2D eigenvalue weighted by atomic mass is 10.2. The summed E-state index contributed by atoms with van der Waals surface area (Å²) in [5.41, 5.74) is 9.60. The minimum atomic E-state index is -0.387. The number of hydrogen-bond donors (Lipinski definition) is 1. The molecule has 0 bridgehead atoms. The van der Waals surface area contributed by atoms with Gasteiger partial charge in [-0.1, -0.05) is 6.07 Å². The maximum absolute atomic E-state index is 11.9. The van der Waals surface area contributed by atoms with E-state index < -0.39 is 0 Å². The van der Waals surface area contributed by atoms with Crippen molar-refractivity contribution in [3.8, 4) is 0 Å². The van der Waals surface area contributed by atoms with Crippen LogP contribution in [0.2, 0.25) is 0 Å². The Hall–Kier alpha value is -2.56. The molecule has 2 aromatic heterocycles. The molecule has 5 heteroatoms. The van der Waals surface area contributed by atoms with Crippen LogP contribution in [0.25, 0.3) is 11.1 Å². The van der Waals surface area contributed by atoms with Crippen LogP contribution in [0.15, 0.2) is 45.9 Å². The molecule has 0 amide bonds. The van der Waals surface area contributed by atoms with Gasteiger partial charge in [0.15, 0.2) is 5.58 Å². The summed E-state index contributed by atoms with van der Waals surface area (Å²) in [5, 5.41) is 0. The number of oxazole rings is 1. The predicted molar refractivity (Wildman–Crippen MR) is 73.0 cm³/mol. The number of rotatable bonds is 2. The van der Waals surface area contributed by atoms with Gasteiger partial charge in [0.05, 0.1) is 12.1 Å². The summed E-state index contributed by atoms with van der Waals surface area (Å²) >= 11 is 0. The molecule has 0 spiro atoms. The minimum Gasteiger partial charge on any atom is -0.408 e. The third-order valence-corrected chi connectivity index (χ3v) is 2.96. The molecule has 1 aromatic carbocycles. The first kappa shape index (κ1) is 11.5. The molecule has 96 valence electrons. The van der Waals surface area contributed by atoms with Crippen molar-refractivity contribution < 1.29 is 4.42 Å². The van der Waals surface area contributed by atoms with Crippen molar-refractivity contribution in [2.75, 3.05) is 5.73 Å². The summed E-state index contributed by atoms with van der Waals surface area (Å²) in [6.07, 6.45) is 3.52. The second-order valence-electron chi connectivity index (χ2n) is 4.55. The van der Waals surface area contributed by atoms with Gasteiger partial charge >= 0.3 is 5.76 Å². The Morgan fingerprint density at radius 1 is 1.32 bits per heavy atom. The number of fused-ring (bicyclic) bond motifs is 1. The Bertz CT molecular complexity index is 802. The van der Waals surface area contributed by atoms with Crippen molar-refractivity contribution in [2.45, 2.75) is 13.5 Å². The molecule has 0 fully saturated rings. The van der Waals surface area contributed by atoms with Gasteiger partial charge in [-0.2, -0.15) is 0 Å². The Balaban J connectivity index is 2.12. The van der Waals surface area contributed by atoms with E-state index in [0.717, 1.165) is 11.1 Å². The summed E-state index contributed by atoms with van der Waals surface area (Å²) in [6.45, 7) is 2.38. The average Bonchev–Trinajstić information content (AvgIpc) is 2.66. The fourth-order valence-electron chi connectivity index (χ4n) is 2.12. The van der Waals surface area contributed by atoms with Gasteiger partial charge in [0.2, 0.25) is 0 Å². The minimum absolute atomic E-state index is 0.387. The molecule has 0 saturated heterocycles. The van der Waals surface area contributed by atoms with Gasteiger partial charge in [-0.25, -0.2) is 4.79 Å². The number of aromatic nitrogens is 2. The normalized spacial score (nSPS) is 11.0. The van der Waals surface area contributed by atoms with Gasteiger partial charge < -0.3 is 10.2 Å². The molecule has 19 heavy (non-hydrogen) atoms. The summed E-state index contributed by atoms with van der Waals surface area (Å²) < 4.78 is 6.75. The highest BCUT2D eigenvalue weighted by atomic mass is 16.4. The molecule has 3 aromatic rings. The molecule has 0 atom stereocenters. The first-order valence-corrected chi connectivity index (χ1v) is 5.93. The van der Waals surface area contributed by atoms with Crippen molar-refractivity contribution in [1.82, 2.24) is 9.55 Å². The number of pyridine rings is 1. The van der Waals surface area contributed by atoms with Crippen LogP contribution < -0.4 is 11.5 Å². The van der Waals surface area contributed by atoms with E-state index in [2.05, 4.69) is 4.98 Å². The zero-order valence-electron chi connectivity index (χ0n) is 10.5. The fourth-order valence-corrected chi connectivity index (χ4v) is 2.12. The quantitative estimate of drug-likeness (QED) is 0.710. The average molecular weight is 255 g/mol. The van der Waals surface area contributed by atoms with E-state index >= 15 is 0 Å². The Kier molecular flexibility index (Phi) is 2.59. The first-order chi connectivity index (χ1) is 9.13. The summed E-state index contributed by atoms with van der Waals surface area (Å²) in [6, 6.07) is 7.15. The van der Waals surface area contributed by atoms with E-state index in [0.29, 0.717) is 23.3 Å². The highest BCUT2D eigenvalue weighted by Gasteiger charge is 2.10. The molecule has 3 rings (SSSR count). The van der Waals surface area contributed by atoms with Crippen LogP contribution >= 0.6 is 0 Å². The smallest absolute Gasteiger partial charge is 0.408 e. The SMILES string of the molecule is Cc1cncc(Cn2c(=O)oc3ccc(N)cc32)c1. The van der Waals surface area contributed by atoms with Crippen LogP contribution in [0.5, 0.6) is 0 Å².